The number of nitrogens with two attached hydrogens (primary N) is 1. The number of benzene rings is 2. The van der Waals surface area contributed by atoms with Crippen LogP contribution in [0.3, 0.4) is 0 Å². The molecule has 0 bridgehead atoms. The van der Waals surface area contributed by atoms with Gasteiger partial charge in [-0.05, 0) is 48.9 Å². The van der Waals surface area contributed by atoms with Crippen LogP contribution in [0.25, 0.3) is 0 Å². The van der Waals surface area contributed by atoms with Crippen molar-refractivity contribution < 1.29 is 4.79 Å². The normalized spacial score (nSPS) is 13.5. The van der Waals surface area contributed by atoms with E-state index >= 15 is 0 Å². The minimum atomic E-state index is -1.10. The number of hydrogen-bond donors (Lipinski definition) is 2. The van der Waals surface area contributed by atoms with E-state index in [9.17, 15) is 4.79 Å². The molecule has 0 aromatic heterocycles. The molecule has 2 aromatic carbocycles. The van der Waals surface area contributed by atoms with Gasteiger partial charge in [-0.25, -0.2) is 0 Å². The summed E-state index contributed by atoms with van der Waals surface area (Å²) in [6.45, 7) is 1.71. The first kappa shape index (κ1) is 16.1. The summed E-state index contributed by atoms with van der Waals surface area (Å²) < 4.78 is 0.948. The number of rotatable bonds is 4. The Balaban J connectivity index is 2.42. The SMILES string of the molecule is CC(Nc1ccc(Br)cc1)(C(N)=O)c1ccc(Cl)c(Cl)c1. The average Bonchev–Trinajstić information content (AvgIpc) is 2.44. The molecule has 3 N–H and O–H groups in total. The van der Waals surface area contributed by atoms with Crippen molar-refractivity contribution in [2.24, 2.45) is 5.73 Å². The number of amides is 1. The molecular formula is C15H13BrCl2N2O. The Bertz CT molecular complexity index is 676. The molecule has 0 saturated heterocycles. The van der Waals surface area contributed by atoms with Crippen molar-refractivity contribution in [3.63, 3.8) is 0 Å². The van der Waals surface area contributed by atoms with Crippen LogP contribution in [0.4, 0.5) is 5.69 Å². The Kier molecular flexibility index (Phi) is 4.81. The van der Waals surface area contributed by atoms with Crippen LogP contribution in [-0.4, -0.2) is 5.91 Å². The average molecular weight is 388 g/mol. The van der Waals surface area contributed by atoms with Crippen LogP contribution in [0.15, 0.2) is 46.9 Å². The fourth-order valence-electron chi connectivity index (χ4n) is 1.91. The molecule has 1 atom stereocenters. The third-order valence-electron chi connectivity index (χ3n) is 3.23. The molecule has 3 nitrogen and oxygen atoms in total. The molecule has 1 amide bonds. The maximum absolute atomic E-state index is 12.0. The Morgan fingerprint density at radius 3 is 2.29 bits per heavy atom. The van der Waals surface area contributed by atoms with E-state index in [2.05, 4.69) is 21.2 Å². The van der Waals surface area contributed by atoms with Crippen molar-refractivity contribution in [3.05, 3.63) is 62.5 Å². The first-order valence-corrected chi connectivity index (χ1v) is 7.67. The van der Waals surface area contributed by atoms with Gasteiger partial charge in [0, 0.05) is 10.2 Å². The zero-order valence-corrected chi connectivity index (χ0v) is 14.3. The van der Waals surface area contributed by atoms with E-state index in [1.807, 2.05) is 24.3 Å². The minimum Gasteiger partial charge on any atom is -0.368 e. The van der Waals surface area contributed by atoms with E-state index in [-0.39, 0.29) is 0 Å². The molecule has 1 unspecified atom stereocenters. The highest BCUT2D eigenvalue weighted by Crippen LogP contribution is 2.31. The van der Waals surface area contributed by atoms with Crippen LogP contribution in [0, 0.1) is 0 Å². The third kappa shape index (κ3) is 3.51. The summed E-state index contributed by atoms with van der Waals surface area (Å²) in [6, 6.07) is 12.5. The van der Waals surface area contributed by atoms with E-state index in [0.29, 0.717) is 15.6 Å². The molecule has 21 heavy (non-hydrogen) atoms. The highest BCUT2D eigenvalue weighted by molar-refractivity contribution is 9.10. The fourth-order valence-corrected chi connectivity index (χ4v) is 2.47. The predicted molar refractivity (Wildman–Crippen MR) is 90.8 cm³/mol. The van der Waals surface area contributed by atoms with Crippen molar-refractivity contribution in [2.45, 2.75) is 12.5 Å². The lowest BCUT2D eigenvalue weighted by atomic mass is 9.91. The summed E-state index contributed by atoms with van der Waals surface area (Å²) in [7, 11) is 0. The number of halogens is 3. The number of carbonyl (C=O) groups excluding carboxylic acids is 1. The van der Waals surface area contributed by atoms with Crippen LogP contribution in [0.5, 0.6) is 0 Å². The van der Waals surface area contributed by atoms with Crippen LogP contribution >= 0.6 is 39.1 Å². The first-order chi connectivity index (χ1) is 9.83. The zero-order chi connectivity index (χ0) is 15.6. The van der Waals surface area contributed by atoms with Gasteiger partial charge in [0.2, 0.25) is 5.91 Å². The van der Waals surface area contributed by atoms with Gasteiger partial charge in [-0.15, -0.1) is 0 Å². The van der Waals surface area contributed by atoms with E-state index in [0.717, 1.165) is 10.2 Å². The van der Waals surface area contributed by atoms with Crippen molar-refractivity contribution in [1.82, 2.24) is 0 Å². The summed E-state index contributed by atoms with van der Waals surface area (Å²) in [4.78, 5) is 12.0. The second kappa shape index (κ2) is 6.26. The molecule has 0 aliphatic heterocycles. The maximum atomic E-state index is 12.0. The molecule has 0 radical (unpaired) electrons. The van der Waals surface area contributed by atoms with Crippen molar-refractivity contribution in [1.29, 1.82) is 0 Å². The quantitative estimate of drug-likeness (QED) is 0.807. The van der Waals surface area contributed by atoms with Crippen LogP contribution in [-0.2, 0) is 10.3 Å². The van der Waals surface area contributed by atoms with Gasteiger partial charge in [-0.2, -0.15) is 0 Å². The third-order valence-corrected chi connectivity index (χ3v) is 4.50. The number of primary amides is 1. The van der Waals surface area contributed by atoms with Gasteiger partial charge in [-0.1, -0.05) is 45.2 Å². The number of carbonyl (C=O) groups is 1. The standard InChI is InChI=1S/C15H13BrCl2N2O/c1-15(14(19)21,9-2-7-12(17)13(18)8-9)20-11-5-3-10(16)4-6-11/h2-8,20H,1H3,(H2,19,21). The lowest BCUT2D eigenvalue weighted by molar-refractivity contribution is -0.122. The van der Waals surface area contributed by atoms with Crippen molar-refractivity contribution >= 4 is 50.7 Å². The van der Waals surface area contributed by atoms with Crippen LogP contribution in [0.1, 0.15) is 12.5 Å². The summed E-state index contributed by atoms with van der Waals surface area (Å²) in [5.41, 5.74) is 5.90. The molecule has 0 aliphatic rings. The topological polar surface area (TPSA) is 55.1 Å². The largest absolute Gasteiger partial charge is 0.368 e. The lowest BCUT2D eigenvalue weighted by Gasteiger charge is -2.29. The smallest absolute Gasteiger partial charge is 0.247 e. The summed E-state index contributed by atoms with van der Waals surface area (Å²) in [6.07, 6.45) is 0. The minimum absolute atomic E-state index is 0.374. The fraction of sp³-hybridized carbons (Fsp3) is 0.133. The number of anilines is 1. The van der Waals surface area contributed by atoms with Gasteiger partial charge in [0.25, 0.3) is 0 Å². The Hall–Kier alpha value is -1.23. The van der Waals surface area contributed by atoms with Gasteiger partial charge >= 0.3 is 0 Å². The lowest BCUT2D eigenvalue weighted by Crippen LogP contribution is -2.45. The molecule has 110 valence electrons. The predicted octanol–water partition coefficient (Wildman–Crippen LogP) is 4.57. The van der Waals surface area contributed by atoms with Gasteiger partial charge in [0.15, 0.2) is 0 Å². The molecule has 6 heteroatoms. The number of nitrogens with one attached hydrogen (secondary N) is 1. The molecule has 0 fully saturated rings. The second-order valence-electron chi connectivity index (χ2n) is 4.75. The summed E-state index contributed by atoms with van der Waals surface area (Å²) in [5, 5.41) is 3.95. The van der Waals surface area contributed by atoms with Gasteiger partial charge in [0.1, 0.15) is 5.54 Å². The Labute approximate surface area is 141 Å². The summed E-state index contributed by atoms with van der Waals surface area (Å²) in [5.74, 6) is -0.510. The molecular weight excluding hydrogens is 375 g/mol. The highest BCUT2D eigenvalue weighted by Gasteiger charge is 2.33. The molecule has 0 spiro atoms. The first-order valence-electron chi connectivity index (χ1n) is 6.12. The molecule has 2 rings (SSSR count). The van der Waals surface area contributed by atoms with Crippen molar-refractivity contribution in [3.8, 4) is 0 Å². The van der Waals surface area contributed by atoms with E-state index in [1.54, 1.807) is 25.1 Å². The van der Waals surface area contributed by atoms with Gasteiger partial charge < -0.3 is 11.1 Å². The molecule has 0 aliphatic carbocycles. The highest BCUT2D eigenvalue weighted by atomic mass is 79.9. The molecule has 0 saturated carbocycles. The van der Waals surface area contributed by atoms with Gasteiger partial charge in [-0.3, -0.25) is 4.79 Å². The van der Waals surface area contributed by atoms with E-state index in [1.165, 1.54) is 0 Å². The van der Waals surface area contributed by atoms with Crippen LogP contribution in [0.2, 0.25) is 10.0 Å². The Morgan fingerprint density at radius 1 is 1.14 bits per heavy atom. The van der Waals surface area contributed by atoms with Crippen molar-refractivity contribution in [2.75, 3.05) is 5.32 Å². The Morgan fingerprint density at radius 2 is 1.76 bits per heavy atom. The second-order valence-corrected chi connectivity index (χ2v) is 6.48. The number of hydrogen-bond acceptors (Lipinski definition) is 2. The van der Waals surface area contributed by atoms with E-state index < -0.39 is 11.4 Å². The van der Waals surface area contributed by atoms with Gasteiger partial charge in [0.05, 0.1) is 10.0 Å². The van der Waals surface area contributed by atoms with Crippen LogP contribution < -0.4 is 11.1 Å². The summed E-state index contributed by atoms with van der Waals surface area (Å²) >= 11 is 15.3. The zero-order valence-electron chi connectivity index (χ0n) is 11.2. The molecule has 2 aromatic rings. The monoisotopic (exact) mass is 386 g/mol. The maximum Gasteiger partial charge on any atom is 0.247 e. The van der Waals surface area contributed by atoms with E-state index in [4.69, 9.17) is 28.9 Å². The molecule has 0 heterocycles.